The van der Waals surface area contributed by atoms with Crippen molar-refractivity contribution >= 4 is 57.3 Å². The van der Waals surface area contributed by atoms with E-state index in [9.17, 15) is 4.79 Å². The number of nitrogens with one attached hydrogen (secondary N) is 2. The van der Waals surface area contributed by atoms with E-state index in [-0.39, 0.29) is 12.2 Å². The number of aromatic amines is 1. The number of ketones is 1. The molecule has 5 rings (SSSR count). The fourth-order valence-electron chi connectivity index (χ4n) is 4.33. The number of halogens is 2. The van der Waals surface area contributed by atoms with Crippen LogP contribution in [0.2, 0.25) is 10.0 Å². The maximum absolute atomic E-state index is 11.9. The van der Waals surface area contributed by atoms with Gasteiger partial charge in [-0.2, -0.15) is 10.1 Å². The molecule has 1 aliphatic heterocycles. The first-order valence-corrected chi connectivity index (χ1v) is 12.2. The van der Waals surface area contributed by atoms with Crippen LogP contribution in [0, 0.1) is 0 Å². The standard InChI is InChI=1S/C26H24Cl2N6O/c1-2-18(35)12-16-6-8-21(27)19(13-16)24-20-15-29-33-25(20)32-26(31-24)30-17-7-9-22(28)23(14-17)34-10-4-3-5-11-34/h2,6-9,13-15H,1,3-5,10-12H2,(H2,29,30,31,32,33). The van der Waals surface area contributed by atoms with Crippen molar-refractivity contribution in [2.45, 2.75) is 25.7 Å². The number of H-pyrrole nitrogens is 1. The first kappa shape index (κ1) is 23.3. The summed E-state index contributed by atoms with van der Waals surface area (Å²) >= 11 is 13.1. The highest BCUT2D eigenvalue weighted by molar-refractivity contribution is 6.34. The van der Waals surface area contributed by atoms with Crippen LogP contribution in [-0.2, 0) is 11.2 Å². The van der Waals surface area contributed by atoms with Gasteiger partial charge in [0.25, 0.3) is 0 Å². The van der Waals surface area contributed by atoms with Gasteiger partial charge in [0.1, 0.15) is 0 Å². The molecule has 0 aliphatic carbocycles. The van der Waals surface area contributed by atoms with Crippen molar-refractivity contribution in [3.8, 4) is 11.3 Å². The molecule has 2 N–H and O–H groups in total. The van der Waals surface area contributed by atoms with Gasteiger partial charge in [0.05, 0.1) is 33.0 Å². The lowest BCUT2D eigenvalue weighted by atomic mass is 10.0. The molecule has 2 aromatic carbocycles. The number of aromatic nitrogens is 4. The molecule has 1 aliphatic rings. The highest BCUT2D eigenvalue weighted by Crippen LogP contribution is 2.35. The number of carbonyl (C=O) groups excluding carboxylic acids is 1. The zero-order valence-electron chi connectivity index (χ0n) is 19.0. The lowest BCUT2D eigenvalue weighted by Crippen LogP contribution is -2.29. The smallest absolute Gasteiger partial charge is 0.229 e. The Balaban J connectivity index is 1.52. The molecule has 1 fully saturated rings. The molecule has 0 atom stereocenters. The summed E-state index contributed by atoms with van der Waals surface area (Å²) in [6.45, 7) is 5.54. The lowest BCUT2D eigenvalue weighted by molar-refractivity contribution is -0.114. The Kier molecular flexibility index (Phi) is 6.70. The second-order valence-corrected chi connectivity index (χ2v) is 9.34. The Morgan fingerprint density at radius 1 is 1.09 bits per heavy atom. The molecule has 178 valence electrons. The molecule has 0 bridgehead atoms. The van der Waals surface area contributed by atoms with Crippen LogP contribution < -0.4 is 10.2 Å². The van der Waals surface area contributed by atoms with E-state index in [4.69, 9.17) is 28.2 Å². The fraction of sp³-hybridized carbons (Fsp3) is 0.231. The van der Waals surface area contributed by atoms with Gasteiger partial charge in [-0.25, -0.2) is 4.98 Å². The number of anilines is 3. The third kappa shape index (κ3) is 5.01. The van der Waals surface area contributed by atoms with Gasteiger partial charge in [-0.1, -0.05) is 35.8 Å². The van der Waals surface area contributed by atoms with Crippen LogP contribution in [0.3, 0.4) is 0 Å². The Morgan fingerprint density at radius 2 is 1.89 bits per heavy atom. The molecule has 1 saturated heterocycles. The van der Waals surface area contributed by atoms with E-state index in [0.717, 1.165) is 53.3 Å². The van der Waals surface area contributed by atoms with Crippen LogP contribution in [-0.4, -0.2) is 39.0 Å². The summed E-state index contributed by atoms with van der Waals surface area (Å²) in [4.78, 5) is 23.6. The van der Waals surface area contributed by atoms with E-state index in [2.05, 4.69) is 32.0 Å². The topological polar surface area (TPSA) is 86.8 Å². The van der Waals surface area contributed by atoms with Gasteiger partial charge in [0, 0.05) is 30.8 Å². The summed E-state index contributed by atoms with van der Waals surface area (Å²) in [6, 6.07) is 11.3. The zero-order valence-corrected chi connectivity index (χ0v) is 20.5. The molecule has 4 aromatic rings. The van der Waals surface area contributed by atoms with Gasteiger partial charge < -0.3 is 10.2 Å². The largest absolute Gasteiger partial charge is 0.370 e. The quantitative estimate of drug-likeness (QED) is 0.283. The zero-order chi connectivity index (χ0) is 24.4. The molecule has 0 amide bonds. The third-order valence-electron chi connectivity index (χ3n) is 6.10. The molecule has 0 unspecified atom stereocenters. The summed E-state index contributed by atoms with van der Waals surface area (Å²) in [6.07, 6.45) is 6.80. The predicted octanol–water partition coefficient (Wildman–Crippen LogP) is 6.36. The summed E-state index contributed by atoms with van der Waals surface area (Å²) in [5.41, 5.74) is 4.55. The Hall–Kier alpha value is -3.42. The number of piperidine rings is 1. The number of nitrogens with zero attached hydrogens (tertiary/aromatic N) is 4. The van der Waals surface area contributed by atoms with Crippen molar-refractivity contribution in [1.29, 1.82) is 0 Å². The number of benzene rings is 2. The van der Waals surface area contributed by atoms with Crippen LogP contribution in [0.5, 0.6) is 0 Å². The van der Waals surface area contributed by atoms with Gasteiger partial charge in [-0.3, -0.25) is 9.89 Å². The van der Waals surface area contributed by atoms with E-state index < -0.39 is 0 Å². The number of carbonyl (C=O) groups is 1. The molecule has 0 spiro atoms. The van der Waals surface area contributed by atoms with E-state index >= 15 is 0 Å². The van der Waals surface area contributed by atoms with Crippen LogP contribution in [0.4, 0.5) is 17.3 Å². The van der Waals surface area contributed by atoms with Crippen molar-refractivity contribution in [3.05, 3.63) is 70.9 Å². The molecule has 2 aromatic heterocycles. The van der Waals surface area contributed by atoms with Gasteiger partial charge in [-0.15, -0.1) is 0 Å². The minimum atomic E-state index is -0.0657. The highest BCUT2D eigenvalue weighted by Gasteiger charge is 2.17. The molecular weight excluding hydrogens is 483 g/mol. The van der Waals surface area contributed by atoms with Gasteiger partial charge in [-0.05, 0) is 61.2 Å². The van der Waals surface area contributed by atoms with Gasteiger partial charge in [0.2, 0.25) is 5.95 Å². The molecule has 35 heavy (non-hydrogen) atoms. The van der Waals surface area contributed by atoms with Crippen molar-refractivity contribution in [2.75, 3.05) is 23.3 Å². The maximum Gasteiger partial charge on any atom is 0.229 e. The Morgan fingerprint density at radius 3 is 2.69 bits per heavy atom. The minimum Gasteiger partial charge on any atom is -0.370 e. The van der Waals surface area contributed by atoms with Crippen LogP contribution in [0.25, 0.3) is 22.3 Å². The van der Waals surface area contributed by atoms with Crippen molar-refractivity contribution in [1.82, 2.24) is 20.2 Å². The Labute approximate surface area is 213 Å². The second-order valence-electron chi connectivity index (χ2n) is 8.53. The number of hydrogen-bond acceptors (Lipinski definition) is 6. The van der Waals surface area contributed by atoms with Crippen molar-refractivity contribution in [2.24, 2.45) is 0 Å². The predicted molar refractivity (Wildman–Crippen MR) is 142 cm³/mol. The molecule has 0 saturated carbocycles. The fourth-order valence-corrected chi connectivity index (χ4v) is 4.77. The normalized spacial score (nSPS) is 13.7. The van der Waals surface area contributed by atoms with E-state index in [1.165, 1.54) is 12.5 Å². The van der Waals surface area contributed by atoms with Crippen molar-refractivity contribution in [3.63, 3.8) is 0 Å². The van der Waals surface area contributed by atoms with Crippen LogP contribution in [0.1, 0.15) is 24.8 Å². The van der Waals surface area contributed by atoms with Gasteiger partial charge in [0.15, 0.2) is 11.4 Å². The Bertz CT molecular complexity index is 1410. The molecular formula is C26H24Cl2N6O. The van der Waals surface area contributed by atoms with E-state index in [0.29, 0.717) is 27.9 Å². The highest BCUT2D eigenvalue weighted by atomic mass is 35.5. The summed E-state index contributed by atoms with van der Waals surface area (Å²) in [7, 11) is 0. The first-order valence-electron chi connectivity index (χ1n) is 11.5. The molecule has 9 heteroatoms. The number of hydrogen-bond donors (Lipinski definition) is 2. The van der Waals surface area contributed by atoms with Crippen LogP contribution in [0.15, 0.2) is 55.3 Å². The second kappa shape index (κ2) is 10.1. The summed E-state index contributed by atoms with van der Waals surface area (Å²) < 4.78 is 0. The molecule has 3 heterocycles. The van der Waals surface area contributed by atoms with Crippen molar-refractivity contribution < 1.29 is 4.79 Å². The third-order valence-corrected chi connectivity index (χ3v) is 6.75. The maximum atomic E-state index is 11.9. The first-order chi connectivity index (χ1) is 17.0. The monoisotopic (exact) mass is 506 g/mol. The summed E-state index contributed by atoms with van der Waals surface area (Å²) in [5.74, 6) is 0.330. The average Bonchev–Trinajstić information content (AvgIpc) is 3.35. The number of allylic oxidation sites excluding steroid dienone is 1. The lowest BCUT2D eigenvalue weighted by Gasteiger charge is -2.30. The molecule has 0 radical (unpaired) electrons. The number of fused-ring (bicyclic) bond motifs is 1. The van der Waals surface area contributed by atoms with Crippen LogP contribution >= 0.6 is 23.2 Å². The van der Waals surface area contributed by atoms with E-state index in [1.807, 2.05) is 30.3 Å². The summed E-state index contributed by atoms with van der Waals surface area (Å²) in [5, 5.41) is 12.4. The minimum absolute atomic E-state index is 0.0657. The SMILES string of the molecule is C=CC(=O)Cc1ccc(Cl)c(-c2nc(Nc3ccc(Cl)c(N4CCCCC4)c3)nc3[nH]ncc23)c1. The van der Waals surface area contributed by atoms with E-state index in [1.54, 1.807) is 12.3 Å². The molecule has 7 nitrogen and oxygen atoms in total. The number of rotatable bonds is 7. The van der Waals surface area contributed by atoms with Gasteiger partial charge >= 0.3 is 0 Å². The average molecular weight is 507 g/mol.